The molecular formula is C22H23NO4. The Morgan fingerprint density at radius 1 is 1.00 bits per heavy atom. The second kappa shape index (κ2) is 7.66. The maximum atomic E-state index is 12.5. The fourth-order valence-corrected chi connectivity index (χ4v) is 2.99. The van der Waals surface area contributed by atoms with Crippen molar-refractivity contribution in [2.45, 2.75) is 39.7 Å². The Balaban J connectivity index is 1.72. The molecule has 27 heavy (non-hydrogen) atoms. The SMILES string of the molecule is Cc1c(C(=O)O[C@H](C)C(=O)Nc2ccccc2C(C)C)oc2ccccc12. The molecule has 0 aliphatic heterocycles. The molecule has 1 aromatic heterocycles. The molecule has 0 bridgehead atoms. The lowest BCUT2D eigenvalue weighted by Gasteiger charge is -2.16. The summed E-state index contributed by atoms with van der Waals surface area (Å²) in [6, 6.07) is 15.0. The van der Waals surface area contributed by atoms with Gasteiger partial charge in [-0.3, -0.25) is 4.79 Å². The lowest BCUT2D eigenvalue weighted by atomic mass is 10.0. The number of hydrogen-bond donors (Lipinski definition) is 1. The number of anilines is 1. The van der Waals surface area contributed by atoms with E-state index in [1.807, 2.05) is 42.5 Å². The van der Waals surface area contributed by atoms with E-state index in [2.05, 4.69) is 19.2 Å². The van der Waals surface area contributed by atoms with E-state index in [0.29, 0.717) is 11.1 Å². The maximum Gasteiger partial charge on any atom is 0.375 e. The predicted molar refractivity (Wildman–Crippen MR) is 105 cm³/mol. The van der Waals surface area contributed by atoms with Gasteiger partial charge in [0.1, 0.15) is 5.58 Å². The molecule has 0 unspecified atom stereocenters. The summed E-state index contributed by atoms with van der Waals surface area (Å²) < 4.78 is 10.9. The average Bonchev–Trinajstić information content (AvgIpc) is 2.99. The van der Waals surface area contributed by atoms with Crippen molar-refractivity contribution >= 4 is 28.5 Å². The first-order chi connectivity index (χ1) is 12.9. The van der Waals surface area contributed by atoms with Crippen molar-refractivity contribution < 1.29 is 18.7 Å². The van der Waals surface area contributed by atoms with Crippen LogP contribution in [0.5, 0.6) is 0 Å². The molecule has 0 aliphatic rings. The molecule has 2 aromatic carbocycles. The van der Waals surface area contributed by atoms with Crippen LogP contribution in [-0.4, -0.2) is 18.0 Å². The maximum absolute atomic E-state index is 12.5. The number of benzene rings is 2. The number of hydrogen-bond acceptors (Lipinski definition) is 4. The second-order valence-corrected chi connectivity index (χ2v) is 6.83. The van der Waals surface area contributed by atoms with Gasteiger partial charge in [-0.1, -0.05) is 50.2 Å². The Labute approximate surface area is 158 Å². The van der Waals surface area contributed by atoms with Crippen molar-refractivity contribution in [1.82, 2.24) is 0 Å². The fraction of sp³-hybridized carbons (Fsp3) is 0.273. The number of para-hydroxylation sites is 2. The Morgan fingerprint density at radius 2 is 1.67 bits per heavy atom. The Kier molecular flexibility index (Phi) is 5.31. The molecule has 0 radical (unpaired) electrons. The minimum atomic E-state index is -0.953. The van der Waals surface area contributed by atoms with E-state index >= 15 is 0 Å². The summed E-state index contributed by atoms with van der Waals surface area (Å²) in [7, 11) is 0. The zero-order chi connectivity index (χ0) is 19.6. The van der Waals surface area contributed by atoms with E-state index in [-0.39, 0.29) is 17.6 Å². The number of carbonyl (C=O) groups excluding carboxylic acids is 2. The normalized spacial score (nSPS) is 12.2. The van der Waals surface area contributed by atoms with Crippen LogP contribution in [-0.2, 0) is 9.53 Å². The third-order valence-electron chi connectivity index (χ3n) is 4.52. The van der Waals surface area contributed by atoms with Gasteiger partial charge in [0.15, 0.2) is 6.10 Å². The van der Waals surface area contributed by atoms with Crippen LogP contribution in [0.1, 0.15) is 48.4 Å². The summed E-state index contributed by atoms with van der Waals surface area (Å²) in [6.45, 7) is 7.45. The minimum Gasteiger partial charge on any atom is -0.449 e. The molecule has 0 fully saturated rings. The smallest absolute Gasteiger partial charge is 0.375 e. The van der Waals surface area contributed by atoms with Gasteiger partial charge in [-0.15, -0.1) is 0 Å². The Morgan fingerprint density at radius 3 is 2.37 bits per heavy atom. The van der Waals surface area contributed by atoms with Gasteiger partial charge in [0.05, 0.1) is 0 Å². The molecule has 5 nitrogen and oxygen atoms in total. The highest BCUT2D eigenvalue weighted by molar-refractivity contribution is 5.99. The van der Waals surface area contributed by atoms with E-state index in [4.69, 9.17) is 9.15 Å². The zero-order valence-corrected chi connectivity index (χ0v) is 15.9. The number of ether oxygens (including phenoxy) is 1. The van der Waals surface area contributed by atoms with Crippen LogP contribution in [0.4, 0.5) is 5.69 Å². The van der Waals surface area contributed by atoms with Gasteiger partial charge in [-0.25, -0.2) is 4.79 Å². The molecule has 5 heteroatoms. The molecule has 3 aromatic rings. The van der Waals surface area contributed by atoms with Gasteiger partial charge in [-0.2, -0.15) is 0 Å². The van der Waals surface area contributed by atoms with Crippen LogP contribution < -0.4 is 5.32 Å². The number of nitrogens with one attached hydrogen (secondary N) is 1. The highest BCUT2D eigenvalue weighted by atomic mass is 16.6. The van der Waals surface area contributed by atoms with Crippen LogP contribution in [0.25, 0.3) is 11.0 Å². The van der Waals surface area contributed by atoms with Crippen LogP contribution in [0.2, 0.25) is 0 Å². The number of aryl methyl sites for hydroxylation is 1. The van der Waals surface area contributed by atoms with E-state index in [9.17, 15) is 9.59 Å². The van der Waals surface area contributed by atoms with Crippen LogP contribution in [0, 0.1) is 6.92 Å². The molecule has 140 valence electrons. The lowest BCUT2D eigenvalue weighted by molar-refractivity contribution is -0.123. The van der Waals surface area contributed by atoms with Crippen LogP contribution >= 0.6 is 0 Å². The van der Waals surface area contributed by atoms with Gasteiger partial charge in [-0.05, 0) is 37.5 Å². The first kappa shape index (κ1) is 18.7. The van der Waals surface area contributed by atoms with E-state index in [1.165, 1.54) is 0 Å². The summed E-state index contributed by atoms with van der Waals surface area (Å²) in [4.78, 5) is 25.0. The summed E-state index contributed by atoms with van der Waals surface area (Å²) in [5, 5.41) is 3.70. The number of amides is 1. The van der Waals surface area contributed by atoms with Crippen molar-refractivity contribution in [1.29, 1.82) is 0 Å². The molecule has 1 atom stereocenters. The molecule has 3 rings (SSSR count). The molecule has 0 saturated carbocycles. The highest BCUT2D eigenvalue weighted by Crippen LogP contribution is 2.26. The van der Waals surface area contributed by atoms with Crippen LogP contribution in [0.15, 0.2) is 52.9 Å². The topological polar surface area (TPSA) is 68.5 Å². The molecule has 0 spiro atoms. The molecule has 1 N–H and O–H groups in total. The van der Waals surface area contributed by atoms with Gasteiger partial charge in [0, 0.05) is 16.6 Å². The van der Waals surface area contributed by atoms with Gasteiger partial charge >= 0.3 is 5.97 Å². The lowest BCUT2D eigenvalue weighted by Crippen LogP contribution is -2.30. The van der Waals surface area contributed by atoms with Crippen molar-refractivity contribution in [2.75, 3.05) is 5.32 Å². The van der Waals surface area contributed by atoms with Crippen LogP contribution in [0.3, 0.4) is 0 Å². The fourth-order valence-electron chi connectivity index (χ4n) is 2.99. The van der Waals surface area contributed by atoms with Gasteiger partial charge in [0.25, 0.3) is 5.91 Å². The van der Waals surface area contributed by atoms with E-state index in [1.54, 1.807) is 19.9 Å². The minimum absolute atomic E-state index is 0.124. The summed E-state index contributed by atoms with van der Waals surface area (Å²) >= 11 is 0. The first-order valence-electron chi connectivity index (χ1n) is 8.97. The van der Waals surface area contributed by atoms with Crippen molar-refractivity contribution in [3.63, 3.8) is 0 Å². The predicted octanol–water partition coefficient (Wildman–Crippen LogP) is 5.05. The largest absolute Gasteiger partial charge is 0.449 e. The third kappa shape index (κ3) is 3.87. The van der Waals surface area contributed by atoms with Crippen molar-refractivity contribution in [3.05, 3.63) is 65.4 Å². The number of esters is 1. The van der Waals surface area contributed by atoms with Crippen molar-refractivity contribution in [3.8, 4) is 0 Å². The summed E-state index contributed by atoms with van der Waals surface area (Å²) in [6.07, 6.45) is -0.953. The Hall–Kier alpha value is -3.08. The highest BCUT2D eigenvalue weighted by Gasteiger charge is 2.24. The Bertz CT molecular complexity index is 987. The number of carbonyl (C=O) groups is 2. The number of rotatable bonds is 5. The quantitative estimate of drug-likeness (QED) is 0.643. The second-order valence-electron chi connectivity index (χ2n) is 6.83. The standard InChI is InChI=1S/C22H23NO4/c1-13(2)16-9-5-7-11-18(16)23-21(24)15(4)26-22(25)20-14(3)17-10-6-8-12-19(17)27-20/h5-13,15H,1-4H3,(H,23,24)/t15-/m1/s1. The van der Waals surface area contributed by atoms with Gasteiger partial charge < -0.3 is 14.5 Å². The van der Waals surface area contributed by atoms with Gasteiger partial charge in [0.2, 0.25) is 5.76 Å². The molecule has 1 heterocycles. The third-order valence-corrected chi connectivity index (χ3v) is 4.52. The monoisotopic (exact) mass is 365 g/mol. The summed E-state index contributed by atoms with van der Waals surface area (Å²) in [5.74, 6) is -0.648. The average molecular weight is 365 g/mol. The zero-order valence-electron chi connectivity index (χ0n) is 15.9. The summed E-state index contributed by atoms with van der Waals surface area (Å²) in [5.41, 5.74) is 3.07. The molecular weight excluding hydrogens is 342 g/mol. The van der Waals surface area contributed by atoms with E-state index in [0.717, 1.165) is 16.6 Å². The molecule has 0 saturated heterocycles. The first-order valence-corrected chi connectivity index (χ1v) is 8.97. The molecule has 0 aliphatic carbocycles. The number of fused-ring (bicyclic) bond motifs is 1. The van der Waals surface area contributed by atoms with E-state index < -0.39 is 12.1 Å². The molecule has 1 amide bonds. The number of furan rings is 1. The van der Waals surface area contributed by atoms with Crippen molar-refractivity contribution in [2.24, 2.45) is 0 Å².